The molecule has 4 heteroatoms. The van der Waals surface area contributed by atoms with Gasteiger partial charge in [0.05, 0.1) is 6.42 Å². The van der Waals surface area contributed by atoms with Gasteiger partial charge < -0.3 is 4.29 Å². The molecule has 0 aliphatic rings. The van der Waals surface area contributed by atoms with E-state index in [0.717, 1.165) is 12.8 Å². The van der Waals surface area contributed by atoms with Crippen LogP contribution in [0.1, 0.15) is 90.4 Å². The van der Waals surface area contributed by atoms with Gasteiger partial charge in [-0.25, -0.2) is 0 Å². The van der Waals surface area contributed by atoms with E-state index >= 15 is 0 Å². The highest BCUT2D eigenvalue weighted by atomic mass is 35.5. The van der Waals surface area contributed by atoms with Crippen LogP contribution in [0.4, 0.5) is 0 Å². The van der Waals surface area contributed by atoms with Crippen LogP contribution < -0.4 is 0 Å². The molecule has 0 fully saturated rings. The first-order valence-electron chi connectivity index (χ1n) is 8.16. The first kappa shape index (κ1) is 20.1. The predicted molar refractivity (Wildman–Crippen MR) is 87.3 cm³/mol. The average Bonchev–Trinajstić information content (AvgIpc) is 2.44. The molecule has 0 heterocycles. The van der Waals surface area contributed by atoms with Crippen molar-refractivity contribution >= 4 is 29.4 Å². The molecule has 0 saturated heterocycles. The number of hydrogen-bond donors (Lipinski definition) is 0. The third-order valence-corrected chi connectivity index (χ3v) is 4.14. The van der Waals surface area contributed by atoms with E-state index in [1.807, 2.05) is 0 Å². The molecule has 0 saturated carbocycles. The van der Waals surface area contributed by atoms with Crippen LogP contribution in [0.2, 0.25) is 0 Å². The Hall–Kier alpha value is 0.0500. The van der Waals surface area contributed by atoms with Gasteiger partial charge in [-0.2, -0.15) is 0 Å². The number of alkyl halides is 1. The Balaban J connectivity index is 3.14. The van der Waals surface area contributed by atoms with Crippen molar-refractivity contribution in [2.45, 2.75) is 95.8 Å². The summed E-state index contributed by atoms with van der Waals surface area (Å²) in [4.78, 5) is 10.9. The van der Waals surface area contributed by atoms with Crippen LogP contribution in [0.25, 0.3) is 0 Å². The molecule has 0 amide bonds. The van der Waals surface area contributed by atoms with Gasteiger partial charge in [0.1, 0.15) is 11.9 Å². The van der Waals surface area contributed by atoms with Crippen LogP contribution in [-0.2, 0) is 9.08 Å². The molecule has 0 aliphatic carbocycles. The lowest BCUT2D eigenvalue weighted by molar-refractivity contribution is -0.133. The molecule has 0 aromatic heterocycles. The number of carbonyl (C=O) groups excluding carboxylic acids is 1. The van der Waals surface area contributed by atoms with E-state index in [0.29, 0.717) is 0 Å². The highest BCUT2D eigenvalue weighted by Crippen LogP contribution is 2.16. The molecule has 0 bridgehead atoms. The molecule has 0 spiro atoms. The summed E-state index contributed by atoms with van der Waals surface area (Å²) in [6.45, 7) is 2.25. The van der Waals surface area contributed by atoms with Crippen LogP contribution in [0.3, 0.4) is 0 Å². The van der Waals surface area contributed by atoms with Gasteiger partial charge in [0.15, 0.2) is 0 Å². The van der Waals surface area contributed by atoms with Crippen molar-refractivity contribution in [1.82, 2.24) is 0 Å². The maximum atomic E-state index is 10.9. The van der Waals surface area contributed by atoms with Crippen LogP contribution in [0.5, 0.6) is 0 Å². The van der Waals surface area contributed by atoms with E-state index in [9.17, 15) is 4.79 Å². The Morgan fingerprint density at radius 3 is 1.80 bits per heavy atom. The fourth-order valence-corrected chi connectivity index (χ4v) is 2.69. The molecule has 1 atom stereocenters. The monoisotopic (exact) mass is 324 g/mol. The largest absolute Gasteiger partial charge is 0.348 e. The van der Waals surface area contributed by atoms with Gasteiger partial charge in [0.2, 0.25) is 0 Å². The zero-order valence-corrected chi connectivity index (χ0v) is 14.4. The second-order valence-electron chi connectivity index (χ2n) is 5.57. The van der Waals surface area contributed by atoms with E-state index in [1.165, 1.54) is 64.2 Å². The maximum Gasteiger partial charge on any atom is 0.326 e. The highest BCUT2D eigenvalue weighted by molar-refractivity contribution is 6.22. The standard InChI is InChI=1S/C16H30Cl2O2/c1-2-3-4-5-6-7-8-9-10-11-12-13-15(17)14-16(19)20-18/h15H,2-14H2,1H3. The summed E-state index contributed by atoms with van der Waals surface area (Å²) < 4.78 is 4.08. The van der Waals surface area contributed by atoms with E-state index < -0.39 is 5.97 Å². The first-order valence-corrected chi connectivity index (χ1v) is 8.90. The Kier molecular flexibility index (Phi) is 15.5. The summed E-state index contributed by atoms with van der Waals surface area (Å²) in [5, 5.41) is -0.139. The van der Waals surface area contributed by atoms with Crippen LogP contribution in [0, 0.1) is 0 Å². The quantitative estimate of drug-likeness (QED) is 0.273. The fraction of sp³-hybridized carbons (Fsp3) is 0.938. The Morgan fingerprint density at radius 1 is 0.900 bits per heavy atom. The minimum atomic E-state index is -0.435. The lowest BCUT2D eigenvalue weighted by Gasteiger charge is -2.07. The molecule has 20 heavy (non-hydrogen) atoms. The Labute approximate surface area is 134 Å². The van der Waals surface area contributed by atoms with Crippen molar-refractivity contribution in [1.29, 1.82) is 0 Å². The van der Waals surface area contributed by atoms with Gasteiger partial charge in [0.25, 0.3) is 0 Å². The van der Waals surface area contributed by atoms with Crippen molar-refractivity contribution in [3.8, 4) is 0 Å². The molecular formula is C16H30Cl2O2. The van der Waals surface area contributed by atoms with E-state index in [4.69, 9.17) is 23.5 Å². The molecule has 1 unspecified atom stereocenters. The van der Waals surface area contributed by atoms with Crippen LogP contribution in [-0.4, -0.2) is 11.3 Å². The van der Waals surface area contributed by atoms with Gasteiger partial charge in [-0.3, -0.25) is 4.79 Å². The third kappa shape index (κ3) is 14.5. The van der Waals surface area contributed by atoms with E-state index in [-0.39, 0.29) is 11.8 Å². The van der Waals surface area contributed by atoms with Gasteiger partial charge in [0, 0.05) is 5.38 Å². The molecule has 0 rings (SSSR count). The highest BCUT2D eigenvalue weighted by Gasteiger charge is 2.11. The Morgan fingerprint density at radius 2 is 1.35 bits per heavy atom. The van der Waals surface area contributed by atoms with Crippen LogP contribution >= 0.6 is 23.5 Å². The summed E-state index contributed by atoms with van der Waals surface area (Å²) in [6.07, 6.45) is 15.6. The number of rotatable bonds is 14. The summed E-state index contributed by atoms with van der Waals surface area (Å²) in [7, 11) is 0. The molecule has 0 aromatic rings. The maximum absolute atomic E-state index is 10.9. The molecule has 0 aromatic carbocycles. The average molecular weight is 325 g/mol. The van der Waals surface area contributed by atoms with Gasteiger partial charge in [-0.05, 0) is 6.42 Å². The summed E-state index contributed by atoms with van der Waals surface area (Å²) in [5.74, 6) is -0.435. The van der Waals surface area contributed by atoms with Gasteiger partial charge in [-0.1, -0.05) is 77.6 Å². The molecule has 120 valence electrons. The molecule has 0 radical (unpaired) electrons. The zero-order chi connectivity index (χ0) is 15.1. The van der Waals surface area contributed by atoms with Crippen molar-refractivity contribution in [3.63, 3.8) is 0 Å². The fourth-order valence-electron chi connectivity index (χ4n) is 2.34. The summed E-state index contributed by atoms with van der Waals surface area (Å²) >= 11 is 11.0. The second-order valence-corrected chi connectivity index (χ2v) is 6.35. The zero-order valence-electron chi connectivity index (χ0n) is 12.8. The van der Waals surface area contributed by atoms with Gasteiger partial charge in [-0.15, -0.1) is 11.6 Å². The molecular weight excluding hydrogens is 295 g/mol. The van der Waals surface area contributed by atoms with E-state index in [2.05, 4.69) is 11.2 Å². The molecule has 2 nitrogen and oxygen atoms in total. The van der Waals surface area contributed by atoms with Crippen molar-refractivity contribution in [2.24, 2.45) is 0 Å². The topological polar surface area (TPSA) is 26.3 Å². The predicted octanol–water partition coefficient (Wildman–Crippen LogP) is 6.38. The first-order chi connectivity index (χ1) is 9.70. The smallest absolute Gasteiger partial charge is 0.326 e. The minimum Gasteiger partial charge on any atom is -0.348 e. The second kappa shape index (κ2) is 15.4. The molecule has 0 aliphatic heterocycles. The van der Waals surface area contributed by atoms with Crippen LogP contribution in [0.15, 0.2) is 0 Å². The third-order valence-electron chi connectivity index (χ3n) is 3.60. The lowest BCUT2D eigenvalue weighted by atomic mass is 10.0. The normalized spacial score (nSPS) is 12.3. The van der Waals surface area contributed by atoms with E-state index in [1.54, 1.807) is 0 Å². The number of carbonyl (C=O) groups is 1. The van der Waals surface area contributed by atoms with Crippen molar-refractivity contribution < 1.29 is 9.08 Å². The van der Waals surface area contributed by atoms with Crippen molar-refractivity contribution in [2.75, 3.05) is 0 Å². The lowest BCUT2D eigenvalue weighted by Crippen LogP contribution is -2.07. The summed E-state index contributed by atoms with van der Waals surface area (Å²) in [5.41, 5.74) is 0. The minimum absolute atomic E-state index is 0.139. The van der Waals surface area contributed by atoms with Gasteiger partial charge >= 0.3 is 5.97 Å². The number of halogens is 2. The SMILES string of the molecule is CCCCCCCCCCCCCC(Cl)CC(=O)OCl. The number of hydrogen-bond acceptors (Lipinski definition) is 2. The number of unbranched alkanes of at least 4 members (excludes halogenated alkanes) is 10. The molecule has 0 N–H and O–H groups in total. The van der Waals surface area contributed by atoms with Crippen molar-refractivity contribution in [3.05, 3.63) is 0 Å². The Bertz CT molecular complexity index is 223. The summed E-state index contributed by atoms with van der Waals surface area (Å²) in [6, 6.07) is 0.